The third-order valence-corrected chi connectivity index (χ3v) is 6.19. The van der Waals surface area contributed by atoms with E-state index in [2.05, 4.69) is 26.0 Å². The Morgan fingerprint density at radius 2 is 0.660 bits per heavy atom. The maximum atomic E-state index is 10.9. The van der Waals surface area contributed by atoms with Crippen molar-refractivity contribution in [1.29, 1.82) is 0 Å². The van der Waals surface area contributed by atoms with Gasteiger partial charge in [0.1, 0.15) is 23.0 Å². The first kappa shape index (κ1) is 44.5. The molecule has 0 atom stereocenters. The Labute approximate surface area is 285 Å². The number of benzene rings is 4. The van der Waals surface area contributed by atoms with Crippen LogP contribution in [0.3, 0.4) is 0 Å². The molecule has 0 saturated carbocycles. The number of esters is 2. The van der Waals surface area contributed by atoms with Crippen molar-refractivity contribution in [2.24, 2.45) is 0 Å². The fraction of sp³-hybridized carbons (Fsp3) is 0.366. The van der Waals surface area contributed by atoms with E-state index >= 15 is 0 Å². The molecule has 4 rings (SSSR count). The van der Waals surface area contributed by atoms with E-state index in [1.165, 1.54) is 19.4 Å². The van der Waals surface area contributed by atoms with E-state index in [-0.39, 0.29) is 17.4 Å². The number of carbonyl (C=O) groups excluding carboxylic acids is 2. The number of hydrogen-bond acceptors (Lipinski definition) is 6. The second-order valence-corrected chi connectivity index (χ2v) is 9.32. The molecule has 4 aromatic rings. The second kappa shape index (κ2) is 25.6. The monoisotopic (exact) mass is 646 g/mol. The summed E-state index contributed by atoms with van der Waals surface area (Å²) in [5.74, 6) is 2.18. The molecule has 0 spiro atoms. The highest BCUT2D eigenvalue weighted by Gasteiger charge is 2.23. The summed E-state index contributed by atoms with van der Waals surface area (Å²) < 4.78 is 20.3. The first-order valence-corrected chi connectivity index (χ1v) is 16.5. The summed E-state index contributed by atoms with van der Waals surface area (Å²) in [5, 5.41) is 0. The summed E-state index contributed by atoms with van der Waals surface area (Å²) in [6.45, 7) is 23.1. The third-order valence-electron chi connectivity index (χ3n) is 6.19. The predicted molar refractivity (Wildman–Crippen MR) is 198 cm³/mol. The molecule has 0 aliphatic rings. The fourth-order valence-corrected chi connectivity index (χ4v) is 3.94. The summed E-state index contributed by atoms with van der Waals surface area (Å²) >= 11 is 0. The van der Waals surface area contributed by atoms with Crippen molar-refractivity contribution < 1.29 is 28.5 Å². The highest BCUT2D eigenvalue weighted by atomic mass is 16.5. The lowest BCUT2D eigenvalue weighted by Gasteiger charge is -2.26. The number of hydrogen-bond donors (Lipinski definition) is 0. The Morgan fingerprint density at radius 3 is 0.915 bits per heavy atom. The van der Waals surface area contributed by atoms with E-state index in [1.807, 2.05) is 128 Å². The first-order valence-electron chi connectivity index (χ1n) is 16.5. The molecule has 0 unspecified atom stereocenters. The van der Waals surface area contributed by atoms with E-state index in [1.54, 1.807) is 26.4 Å². The zero-order valence-corrected chi connectivity index (χ0v) is 31.2. The van der Waals surface area contributed by atoms with E-state index < -0.39 is 0 Å². The highest BCUT2D eigenvalue weighted by Crippen LogP contribution is 2.33. The average molecular weight is 647 g/mol. The molecule has 258 valence electrons. The van der Waals surface area contributed by atoms with Crippen LogP contribution in [0.15, 0.2) is 97.1 Å². The average Bonchev–Trinajstić information content (AvgIpc) is 3.12. The molecule has 0 radical (unpaired) electrons. The van der Waals surface area contributed by atoms with Gasteiger partial charge in [-0.05, 0) is 70.8 Å². The van der Waals surface area contributed by atoms with Crippen LogP contribution in [0.2, 0.25) is 0 Å². The Hall–Kier alpha value is -4.58. The summed E-state index contributed by atoms with van der Waals surface area (Å²) in [7, 11) is 3.30. The van der Waals surface area contributed by atoms with Gasteiger partial charge in [0.25, 0.3) is 0 Å². The van der Waals surface area contributed by atoms with Crippen LogP contribution in [-0.2, 0) is 15.0 Å². The van der Waals surface area contributed by atoms with Gasteiger partial charge in [0.05, 0.1) is 14.2 Å². The quantitative estimate of drug-likeness (QED) is 0.147. The van der Waals surface area contributed by atoms with E-state index in [9.17, 15) is 9.59 Å². The van der Waals surface area contributed by atoms with Gasteiger partial charge in [-0.2, -0.15) is 0 Å². The van der Waals surface area contributed by atoms with Crippen molar-refractivity contribution in [1.82, 2.24) is 0 Å². The largest absolute Gasteiger partial charge is 0.497 e. The standard InChI is InChI=1S/C18H20O3.C15H14O3.4C2H6/c1-13(19)21-17-11-7-15(8-12-17)18(2,3)14-5-9-16(20-4)10-6-14;1-11(16)18-15-9-5-13(6-10-15)12-3-7-14(17-2)8-4-12;4*1-2/h5-12H,1-4H3;3-10H,1-2H3;4*1-2H3. The van der Waals surface area contributed by atoms with Crippen molar-refractivity contribution in [2.45, 2.75) is 88.5 Å². The van der Waals surface area contributed by atoms with Crippen LogP contribution < -0.4 is 18.9 Å². The van der Waals surface area contributed by atoms with Gasteiger partial charge in [0, 0.05) is 19.3 Å². The molecule has 0 aromatic heterocycles. The summed E-state index contributed by atoms with van der Waals surface area (Å²) in [6.07, 6.45) is 0. The van der Waals surface area contributed by atoms with Crippen molar-refractivity contribution in [3.05, 3.63) is 108 Å². The molecule has 47 heavy (non-hydrogen) atoms. The molecule has 4 aromatic carbocycles. The molecule has 0 saturated heterocycles. The van der Waals surface area contributed by atoms with Gasteiger partial charge in [0.2, 0.25) is 0 Å². The molecule has 0 heterocycles. The summed E-state index contributed by atoms with van der Waals surface area (Å²) in [4.78, 5) is 21.7. The van der Waals surface area contributed by atoms with Gasteiger partial charge in [-0.15, -0.1) is 0 Å². The molecule has 0 bridgehead atoms. The normalized spacial score (nSPS) is 9.23. The third kappa shape index (κ3) is 16.0. The van der Waals surface area contributed by atoms with Gasteiger partial charge in [0.15, 0.2) is 0 Å². The van der Waals surface area contributed by atoms with Crippen molar-refractivity contribution >= 4 is 11.9 Å². The molecule has 0 fully saturated rings. The summed E-state index contributed by atoms with van der Waals surface area (Å²) in [6, 6.07) is 30.9. The van der Waals surface area contributed by atoms with Gasteiger partial charge >= 0.3 is 11.9 Å². The molecule has 0 amide bonds. The van der Waals surface area contributed by atoms with Gasteiger partial charge < -0.3 is 18.9 Å². The molecule has 6 heteroatoms. The van der Waals surface area contributed by atoms with Gasteiger partial charge in [-0.3, -0.25) is 9.59 Å². The smallest absolute Gasteiger partial charge is 0.308 e. The maximum Gasteiger partial charge on any atom is 0.308 e. The Morgan fingerprint density at radius 1 is 0.426 bits per heavy atom. The number of carbonyl (C=O) groups is 2. The molecule has 6 nitrogen and oxygen atoms in total. The van der Waals surface area contributed by atoms with Crippen LogP contribution in [0, 0.1) is 0 Å². The van der Waals surface area contributed by atoms with E-state index in [0.717, 1.165) is 28.2 Å². The Balaban J connectivity index is 0. The Kier molecular flexibility index (Phi) is 24.3. The van der Waals surface area contributed by atoms with Crippen LogP contribution in [-0.4, -0.2) is 26.2 Å². The topological polar surface area (TPSA) is 71.1 Å². The van der Waals surface area contributed by atoms with Gasteiger partial charge in [-0.25, -0.2) is 0 Å². The van der Waals surface area contributed by atoms with Crippen molar-refractivity contribution in [3.8, 4) is 34.1 Å². The minimum Gasteiger partial charge on any atom is -0.497 e. The van der Waals surface area contributed by atoms with Crippen molar-refractivity contribution in [2.75, 3.05) is 14.2 Å². The molecule has 0 N–H and O–H groups in total. The molecule has 0 aliphatic heterocycles. The zero-order chi connectivity index (χ0) is 36.4. The Bertz CT molecular complexity index is 1360. The summed E-state index contributed by atoms with van der Waals surface area (Å²) in [5.41, 5.74) is 4.37. The van der Waals surface area contributed by atoms with Crippen LogP contribution in [0.5, 0.6) is 23.0 Å². The number of methoxy groups -OCH3 is 2. The predicted octanol–water partition coefficient (Wildman–Crippen LogP) is 11.3. The van der Waals surface area contributed by atoms with Gasteiger partial charge in [-0.1, -0.05) is 118 Å². The van der Waals surface area contributed by atoms with Crippen LogP contribution in [0.1, 0.15) is 94.2 Å². The molecular formula is C41H58O6. The molecular weight excluding hydrogens is 588 g/mol. The molecule has 0 aliphatic carbocycles. The van der Waals surface area contributed by atoms with Crippen LogP contribution in [0.4, 0.5) is 0 Å². The highest BCUT2D eigenvalue weighted by molar-refractivity contribution is 5.70. The number of rotatable bonds is 7. The minimum atomic E-state index is -0.313. The lowest BCUT2D eigenvalue weighted by Crippen LogP contribution is -2.18. The maximum absolute atomic E-state index is 10.9. The van der Waals surface area contributed by atoms with E-state index in [4.69, 9.17) is 18.9 Å². The lowest BCUT2D eigenvalue weighted by molar-refractivity contribution is -0.132. The first-order chi connectivity index (χ1) is 22.6. The SMILES string of the molecule is CC.CC.CC.CC.COc1ccc(-c2ccc(OC(C)=O)cc2)cc1.COc1ccc(C(C)(C)c2ccc(OC(C)=O)cc2)cc1. The van der Waals surface area contributed by atoms with Crippen molar-refractivity contribution in [3.63, 3.8) is 0 Å². The lowest BCUT2D eigenvalue weighted by atomic mass is 9.78. The minimum absolute atomic E-state index is 0.138. The number of ether oxygens (including phenoxy) is 4. The second-order valence-electron chi connectivity index (χ2n) is 9.32. The zero-order valence-electron chi connectivity index (χ0n) is 31.2. The fourth-order valence-electron chi connectivity index (χ4n) is 3.94. The van der Waals surface area contributed by atoms with E-state index in [0.29, 0.717) is 11.5 Å². The van der Waals surface area contributed by atoms with Crippen LogP contribution >= 0.6 is 0 Å². The van der Waals surface area contributed by atoms with Crippen LogP contribution in [0.25, 0.3) is 11.1 Å².